The second kappa shape index (κ2) is 10.8. The highest BCUT2D eigenvalue weighted by Gasteiger charge is 2.27. The summed E-state index contributed by atoms with van der Waals surface area (Å²) in [5.74, 6) is -0.631. The largest absolute Gasteiger partial charge is 0.495 e. The van der Waals surface area contributed by atoms with Crippen molar-refractivity contribution in [3.05, 3.63) is 28.8 Å². The summed E-state index contributed by atoms with van der Waals surface area (Å²) >= 11 is 6.12. The Morgan fingerprint density at radius 2 is 1.78 bits per heavy atom. The molecular weight excluding hydrogens is 372 g/mol. The lowest BCUT2D eigenvalue weighted by atomic mass is 10.0. The van der Waals surface area contributed by atoms with E-state index in [0.717, 1.165) is 5.56 Å². The molecule has 0 aliphatic heterocycles. The lowest BCUT2D eigenvalue weighted by Crippen LogP contribution is -2.52. The first kappa shape index (κ1) is 22.8. The van der Waals surface area contributed by atoms with Crippen LogP contribution in [0.3, 0.4) is 0 Å². The Bertz CT molecular complexity index is 678. The summed E-state index contributed by atoms with van der Waals surface area (Å²) in [5, 5.41) is 5.70. The maximum Gasteiger partial charge on any atom is 0.328 e. The average molecular weight is 399 g/mol. The van der Waals surface area contributed by atoms with E-state index >= 15 is 0 Å². The van der Waals surface area contributed by atoms with Crippen LogP contribution in [0.2, 0.25) is 5.02 Å². The molecule has 0 heterocycles. The Morgan fingerprint density at radius 3 is 2.26 bits per heavy atom. The molecule has 0 aliphatic rings. The molecule has 0 spiro atoms. The molecule has 8 heteroatoms. The van der Waals surface area contributed by atoms with Crippen molar-refractivity contribution < 1.29 is 23.9 Å². The molecule has 0 bridgehead atoms. The summed E-state index contributed by atoms with van der Waals surface area (Å²) in [6.07, 6.45) is 0.643. The van der Waals surface area contributed by atoms with Crippen LogP contribution in [0.5, 0.6) is 5.75 Å². The summed E-state index contributed by atoms with van der Waals surface area (Å²) < 4.78 is 9.91. The van der Waals surface area contributed by atoms with Crippen molar-refractivity contribution in [2.45, 2.75) is 45.7 Å². The van der Waals surface area contributed by atoms with Crippen LogP contribution in [-0.4, -0.2) is 44.1 Å². The van der Waals surface area contributed by atoms with E-state index in [4.69, 9.17) is 21.1 Å². The van der Waals surface area contributed by atoms with Gasteiger partial charge in [-0.2, -0.15) is 0 Å². The fourth-order valence-corrected chi connectivity index (χ4v) is 2.91. The van der Waals surface area contributed by atoms with Crippen molar-refractivity contribution in [3.8, 4) is 5.75 Å². The Kier molecular flexibility index (Phi) is 9.08. The zero-order valence-corrected chi connectivity index (χ0v) is 17.1. The van der Waals surface area contributed by atoms with Crippen LogP contribution in [0, 0.1) is 5.92 Å². The second-order valence-corrected chi connectivity index (χ2v) is 7.05. The summed E-state index contributed by atoms with van der Waals surface area (Å²) in [4.78, 5) is 36.2. The molecule has 0 saturated heterocycles. The fraction of sp³-hybridized carbons (Fsp3) is 0.526. The van der Waals surface area contributed by atoms with Gasteiger partial charge in [0, 0.05) is 13.3 Å². The van der Waals surface area contributed by atoms with Gasteiger partial charge in [-0.3, -0.25) is 9.59 Å². The van der Waals surface area contributed by atoms with Crippen molar-refractivity contribution >= 4 is 29.4 Å². The van der Waals surface area contributed by atoms with Gasteiger partial charge in [0.05, 0.1) is 19.2 Å². The first-order chi connectivity index (χ1) is 12.7. The van der Waals surface area contributed by atoms with Gasteiger partial charge in [-0.15, -0.1) is 0 Å². The molecule has 7 nitrogen and oxygen atoms in total. The van der Waals surface area contributed by atoms with Crippen molar-refractivity contribution in [3.63, 3.8) is 0 Å². The third kappa shape index (κ3) is 7.46. The molecule has 1 aromatic carbocycles. The van der Waals surface area contributed by atoms with Gasteiger partial charge in [0.1, 0.15) is 17.8 Å². The van der Waals surface area contributed by atoms with Gasteiger partial charge in [-0.05, 0) is 30.0 Å². The number of benzene rings is 1. The summed E-state index contributed by atoms with van der Waals surface area (Å²) in [6.45, 7) is 5.23. The minimum absolute atomic E-state index is 0.185. The van der Waals surface area contributed by atoms with E-state index in [1.807, 2.05) is 13.8 Å². The van der Waals surface area contributed by atoms with E-state index in [0.29, 0.717) is 17.2 Å². The highest BCUT2D eigenvalue weighted by atomic mass is 35.5. The quantitative estimate of drug-likeness (QED) is 0.621. The standard InChI is InChI=1S/C19H27ClN2O5/c1-11(2)8-15(21-12(3)23)18(24)22-16(19(25)27-5)10-13-6-7-17(26-4)14(20)9-13/h6-7,9,11,15-16H,8,10H2,1-5H3,(H,21,23)(H,22,24)/t15-,16+/m0/s1. The summed E-state index contributed by atoms with van der Waals surface area (Å²) in [7, 11) is 2.76. The maximum atomic E-state index is 12.6. The lowest BCUT2D eigenvalue weighted by Gasteiger charge is -2.23. The predicted octanol–water partition coefficient (Wildman–Crippen LogP) is 2.10. The smallest absolute Gasteiger partial charge is 0.328 e. The summed E-state index contributed by atoms with van der Waals surface area (Å²) in [6, 6.07) is 3.48. The zero-order valence-electron chi connectivity index (χ0n) is 16.3. The molecule has 27 heavy (non-hydrogen) atoms. The Labute approximate surface area is 164 Å². The predicted molar refractivity (Wildman–Crippen MR) is 103 cm³/mol. The van der Waals surface area contributed by atoms with Crippen LogP contribution >= 0.6 is 11.6 Å². The van der Waals surface area contributed by atoms with Crippen LogP contribution < -0.4 is 15.4 Å². The molecule has 0 unspecified atom stereocenters. The van der Waals surface area contributed by atoms with Crippen molar-refractivity contribution in [1.29, 1.82) is 0 Å². The normalized spacial score (nSPS) is 12.9. The second-order valence-electron chi connectivity index (χ2n) is 6.64. The molecule has 150 valence electrons. The van der Waals surface area contributed by atoms with Gasteiger partial charge in [-0.25, -0.2) is 4.79 Å². The average Bonchev–Trinajstić information content (AvgIpc) is 2.59. The highest BCUT2D eigenvalue weighted by molar-refractivity contribution is 6.32. The van der Waals surface area contributed by atoms with E-state index in [1.165, 1.54) is 21.1 Å². The van der Waals surface area contributed by atoms with Gasteiger partial charge in [0.2, 0.25) is 11.8 Å². The lowest BCUT2D eigenvalue weighted by molar-refractivity contribution is -0.145. The van der Waals surface area contributed by atoms with Gasteiger partial charge < -0.3 is 20.1 Å². The number of carbonyl (C=O) groups is 3. The van der Waals surface area contributed by atoms with Gasteiger partial charge in [0.15, 0.2) is 0 Å². The van der Waals surface area contributed by atoms with Crippen LogP contribution in [0.4, 0.5) is 0 Å². The zero-order chi connectivity index (χ0) is 20.6. The van der Waals surface area contributed by atoms with Gasteiger partial charge in [0.25, 0.3) is 0 Å². The number of hydrogen-bond acceptors (Lipinski definition) is 5. The molecule has 0 radical (unpaired) electrons. The van der Waals surface area contributed by atoms with Crippen molar-refractivity contribution in [2.75, 3.05) is 14.2 Å². The third-order valence-electron chi connectivity index (χ3n) is 3.86. The Balaban J connectivity index is 2.95. The van der Waals surface area contributed by atoms with E-state index < -0.39 is 24.0 Å². The number of methoxy groups -OCH3 is 2. The number of ether oxygens (including phenoxy) is 2. The van der Waals surface area contributed by atoms with Crippen LogP contribution in [-0.2, 0) is 25.5 Å². The molecular formula is C19H27ClN2O5. The van der Waals surface area contributed by atoms with Gasteiger partial charge >= 0.3 is 5.97 Å². The molecule has 2 N–H and O–H groups in total. The van der Waals surface area contributed by atoms with E-state index in [9.17, 15) is 14.4 Å². The number of halogens is 1. The molecule has 0 aliphatic carbocycles. The SMILES string of the molecule is COC(=O)[C@@H](Cc1ccc(OC)c(Cl)c1)NC(=O)[C@H](CC(C)C)NC(C)=O. The first-order valence-corrected chi connectivity index (χ1v) is 9.03. The fourth-order valence-electron chi connectivity index (χ4n) is 2.63. The first-order valence-electron chi connectivity index (χ1n) is 8.65. The number of esters is 1. The maximum absolute atomic E-state index is 12.6. The van der Waals surface area contributed by atoms with E-state index in [-0.39, 0.29) is 18.2 Å². The number of carbonyl (C=O) groups excluding carboxylic acids is 3. The number of hydrogen-bond donors (Lipinski definition) is 2. The van der Waals surface area contributed by atoms with Crippen LogP contribution in [0.15, 0.2) is 18.2 Å². The monoisotopic (exact) mass is 398 g/mol. The van der Waals surface area contributed by atoms with Crippen molar-refractivity contribution in [2.24, 2.45) is 5.92 Å². The number of rotatable bonds is 9. The Morgan fingerprint density at radius 1 is 1.11 bits per heavy atom. The minimum Gasteiger partial charge on any atom is -0.495 e. The number of amides is 2. The van der Waals surface area contributed by atoms with E-state index in [2.05, 4.69) is 10.6 Å². The molecule has 0 aromatic heterocycles. The molecule has 0 fully saturated rings. The molecule has 1 aromatic rings. The molecule has 1 rings (SSSR count). The third-order valence-corrected chi connectivity index (χ3v) is 4.15. The molecule has 2 amide bonds. The van der Waals surface area contributed by atoms with Crippen LogP contribution in [0.25, 0.3) is 0 Å². The Hall–Kier alpha value is -2.28. The summed E-state index contributed by atoms with van der Waals surface area (Å²) in [5.41, 5.74) is 0.733. The number of nitrogens with one attached hydrogen (secondary N) is 2. The minimum atomic E-state index is -0.907. The van der Waals surface area contributed by atoms with Crippen LogP contribution in [0.1, 0.15) is 32.8 Å². The van der Waals surface area contributed by atoms with Crippen molar-refractivity contribution in [1.82, 2.24) is 10.6 Å². The topological polar surface area (TPSA) is 93.7 Å². The highest BCUT2D eigenvalue weighted by Crippen LogP contribution is 2.25. The van der Waals surface area contributed by atoms with Gasteiger partial charge in [-0.1, -0.05) is 31.5 Å². The molecule has 2 atom stereocenters. The molecule has 0 saturated carbocycles. The van der Waals surface area contributed by atoms with E-state index in [1.54, 1.807) is 18.2 Å².